The Hall–Kier alpha value is -1.89. The van der Waals surface area contributed by atoms with Crippen LogP contribution < -0.4 is 0 Å². The molecule has 20 heavy (non-hydrogen) atoms. The molecule has 0 amide bonds. The van der Waals surface area contributed by atoms with Gasteiger partial charge in [0.15, 0.2) is 0 Å². The third-order valence-corrected chi connectivity index (χ3v) is 4.15. The summed E-state index contributed by atoms with van der Waals surface area (Å²) in [5.74, 6) is -4.50. The molecule has 0 radical (unpaired) electrons. The maximum absolute atomic E-state index is 13.4. The van der Waals surface area contributed by atoms with E-state index in [0.29, 0.717) is 24.3 Å². The molecule has 2 nitrogen and oxygen atoms in total. The minimum absolute atomic E-state index is 0. The van der Waals surface area contributed by atoms with E-state index in [1.807, 2.05) is 0 Å². The third kappa shape index (κ3) is 2.82. The van der Waals surface area contributed by atoms with Crippen LogP contribution >= 0.6 is 0 Å². The molecule has 0 aliphatic rings. The summed E-state index contributed by atoms with van der Waals surface area (Å²) in [6.45, 7) is 0. The van der Waals surface area contributed by atoms with Crippen LogP contribution in [-0.4, -0.2) is 8.42 Å². The lowest BCUT2D eigenvalue weighted by Gasteiger charge is -2.07. The molecular weight excluding hydrogens is 296 g/mol. The first-order valence-electron chi connectivity index (χ1n) is 4.97. The van der Waals surface area contributed by atoms with Crippen LogP contribution in [0, 0.1) is 23.3 Å². The van der Waals surface area contributed by atoms with Crippen LogP contribution in [0.4, 0.5) is 17.6 Å². The predicted molar refractivity (Wildman–Crippen MR) is 64.9 cm³/mol. The molecule has 0 N–H and O–H groups in total. The molecule has 0 aliphatic heterocycles. The van der Waals surface area contributed by atoms with E-state index in [9.17, 15) is 26.0 Å². The van der Waals surface area contributed by atoms with Crippen LogP contribution in [0.5, 0.6) is 0 Å². The predicted octanol–water partition coefficient (Wildman–Crippen LogP) is 3.71. The zero-order valence-electron chi connectivity index (χ0n) is 9.20. The molecule has 2 rings (SSSR count). The van der Waals surface area contributed by atoms with Crippen molar-refractivity contribution in [3.8, 4) is 0 Å². The fourth-order valence-corrected chi connectivity index (χ4v) is 2.91. The lowest BCUT2D eigenvalue weighted by atomic mass is 10.3. The standard InChI is InChI=1S/C12H6F4O2S.CH4/c13-7-1-3-9(15)11(5-7)19(17,18)12-6-8(14)2-4-10(12)16;/h1-6H;1H4. The first kappa shape index (κ1) is 16.2. The number of rotatable bonds is 2. The number of hydrogen-bond acceptors (Lipinski definition) is 2. The Bertz CT molecular complexity index is 685. The lowest BCUT2D eigenvalue weighted by molar-refractivity contribution is 0.537. The highest BCUT2D eigenvalue weighted by Gasteiger charge is 2.26. The van der Waals surface area contributed by atoms with E-state index in [1.54, 1.807) is 0 Å². The van der Waals surface area contributed by atoms with Gasteiger partial charge < -0.3 is 0 Å². The minimum atomic E-state index is -4.68. The summed E-state index contributed by atoms with van der Waals surface area (Å²) in [7, 11) is -4.68. The first-order valence-corrected chi connectivity index (χ1v) is 6.46. The molecular formula is C13H10F4O2S. The average molecular weight is 306 g/mol. The molecule has 0 saturated carbocycles. The molecule has 0 fully saturated rings. The van der Waals surface area contributed by atoms with E-state index in [1.165, 1.54) is 0 Å². The maximum atomic E-state index is 13.4. The van der Waals surface area contributed by atoms with Crippen molar-refractivity contribution in [2.75, 3.05) is 0 Å². The van der Waals surface area contributed by atoms with Gasteiger partial charge in [-0.3, -0.25) is 0 Å². The quantitative estimate of drug-likeness (QED) is 0.793. The molecule has 0 unspecified atom stereocenters. The fourth-order valence-electron chi connectivity index (χ4n) is 1.48. The van der Waals surface area contributed by atoms with E-state index in [-0.39, 0.29) is 7.43 Å². The minimum Gasteiger partial charge on any atom is -0.218 e. The van der Waals surface area contributed by atoms with Gasteiger partial charge in [0, 0.05) is 0 Å². The summed E-state index contributed by atoms with van der Waals surface area (Å²) in [6, 6.07) is 3.45. The van der Waals surface area contributed by atoms with Gasteiger partial charge in [0.1, 0.15) is 33.1 Å². The second kappa shape index (κ2) is 5.62. The van der Waals surface area contributed by atoms with Crippen molar-refractivity contribution in [2.24, 2.45) is 0 Å². The molecule has 2 aromatic carbocycles. The summed E-state index contributed by atoms with van der Waals surface area (Å²) in [5.41, 5.74) is 0. The van der Waals surface area contributed by atoms with Gasteiger partial charge in [-0.05, 0) is 36.4 Å². The van der Waals surface area contributed by atoms with Gasteiger partial charge in [-0.1, -0.05) is 7.43 Å². The molecule has 0 heterocycles. The molecule has 7 heteroatoms. The molecule has 0 aromatic heterocycles. The van der Waals surface area contributed by atoms with Gasteiger partial charge in [0.05, 0.1) is 0 Å². The number of hydrogen-bond donors (Lipinski definition) is 0. The Balaban J connectivity index is 0.00000200. The number of halogens is 4. The highest BCUT2D eigenvalue weighted by atomic mass is 32.2. The molecule has 0 bridgehead atoms. The van der Waals surface area contributed by atoms with Crippen molar-refractivity contribution in [2.45, 2.75) is 17.2 Å². The van der Waals surface area contributed by atoms with Crippen molar-refractivity contribution in [1.29, 1.82) is 0 Å². The Morgan fingerprint density at radius 2 is 1.05 bits per heavy atom. The first-order chi connectivity index (χ1) is 8.82. The highest BCUT2D eigenvalue weighted by Crippen LogP contribution is 2.26. The summed E-state index contributed by atoms with van der Waals surface area (Å²) in [6.07, 6.45) is 0. The molecule has 108 valence electrons. The Labute approximate surface area is 113 Å². The Kier molecular flexibility index (Phi) is 4.54. The van der Waals surface area contributed by atoms with Crippen molar-refractivity contribution < 1.29 is 26.0 Å². The monoisotopic (exact) mass is 306 g/mol. The normalized spacial score (nSPS) is 11.0. The molecule has 0 saturated heterocycles. The number of benzene rings is 2. The van der Waals surface area contributed by atoms with E-state index in [4.69, 9.17) is 0 Å². The van der Waals surface area contributed by atoms with E-state index in [2.05, 4.69) is 0 Å². The second-order valence-electron chi connectivity index (χ2n) is 3.65. The van der Waals surface area contributed by atoms with E-state index < -0.39 is 42.9 Å². The van der Waals surface area contributed by atoms with Gasteiger partial charge in [-0.15, -0.1) is 0 Å². The van der Waals surface area contributed by atoms with E-state index >= 15 is 0 Å². The molecule has 0 spiro atoms. The largest absolute Gasteiger partial charge is 0.218 e. The molecule has 2 aromatic rings. The Morgan fingerprint density at radius 3 is 1.40 bits per heavy atom. The summed E-state index contributed by atoms with van der Waals surface area (Å²) < 4.78 is 76.7. The van der Waals surface area contributed by atoms with Crippen molar-refractivity contribution in [3.63, 3.8) is 0 Å². The molecule has 0 aliphatic carbocycles. The van der Waals surface area contributed by atoms with Gasteiger partial charge in [0.25, 0.3) is 0 Å². The lowest BCUT2D eigenvalue weighted by Crippen LogP contribution is -2.08. The topological polar surface area (TPSA) is 34.1 Å². The second-order valence-corrected chi connectivity index (χ2v) is 5.54. The van der Waals surface area contributed by atoms with Crippen LogP contribution in [-0.2, 0) is 9.84 Å². The highest BCUT2D eigenvalue weighted by molar-refractivity contribution is 7.91. The van der Waals surface area contributed by atoms with Crippen LogP contribution in [0.1, 0.15) is 7.43 Å². The average Bonchev–Trinajstić information content (AvgIpc) is 2.35. The van der Waals surface area contributed by atoms with Crippen LogP contribution in [0.3, 0.4) is 0 Å². The maximum Gasteiger partial charge on any atom is 0.212 e. The van der Waals surface area contributed by atoms with Gasteiger partial charge >= 0.3 is 0 Å². The van der Waals surface area contributed by atoms with Crippen LogP contribution in [0.2, 0.25) is 0 Å². The molecule has 0 atom stereocenters. The fraction of sp³-hybridized carbons (Fsp3) is 0.0769. The van der Waals surface area contributed by atoms with E-state index in [0.717, 1.165) is 12.1 Å². The summed E-state index contributed by atoms with van der Waals surface area (Å²) in [4.78, 5) is -2.09. The van der Waals surface area contributed by atoms with Crippen LogP contribution in [0.25, 0.3) is 0 Å². The van der Waals surface area contributed by atoms with Gasteiger partial charge in [-0.2, -0.15) is 0 Å². The van der Waals surface area contributed by atoms with Crippen LogP contribution in [0.15, 0.2) is 46.2 Å². The third-order valence-electron chi connectivity index (χ3n) is 2.37. The zero-order valence-corrected chi connectivity index (χ0v) is 10.0. The smallest absolute Gasteiger partial charge is 0.212 e. The van der Waals surface area contributed by atoms with Crippen molar-refractivity contribution in [1.82, 2.24) is 0 Å². The number of sulfone groups is 1. The SMILES string of the molecule is C.O=S(=O)(c1cc(F)ccc1F)c1cc(F)ccc1F. The van der Waals surface area contributed by atoms with Gasteiger partial charge in [0.2, 0.25) is 9.84 Å². The summed E-state index contributed by atoms with van der Waals surface area (Å²) in [5, 5.41) is 0. The Morgan fingerprint density at radius 1 is 0.700 bits per heavy atom. The zero-order chi connectivity index (χ0) is 14.2. The van der Waals surface area contributed by atoms with Crippen molar-refractivity contribution >= 4 is 9.84 Å². The van der Waals surface area contributed by atoms with Gasteiger partial charge in [-0.25, -0.2) is 26.0 Å². The van der Waals surface area contributed by atoms with Crippen molar-refractivity contribution in [3.05, 3.63) is 59.7 Å². The summed E-state index contributed by atoms with van der Waals surface area (Å²) >= 11 is 0.